The van der Waals surface area contributed by atoms with Crippen molar-refractivity contribution in [3.8, 4) is 50.8 Å². The Hall–Kier alpha value is -5.16. The Bertz CT molecular complexity index is 1870. The lowest BCUT2D eigenvalue weighted by Crippen LogP contribution is -2.05. The molecule has 0 fully saturated rings. The third-order valence-electron chi connectivity index (χ3n) is 8.23. The van der Waals surface area contributed by atoms with Gasteiger partial charge in [-0.15, -0.1) is 11.3 Å². The van der Waals surface area contributed by atoms with Gasteiger partial charge >= 0.3 is 0 Å². The predicted octanol–water partition coefficient (Wildman–Crippen LogP) is 8.50. The van der Waals surface area contributed by atoms with Gasteiger partial charge in [0.05, 0.1) is 64.7 Å². The molecule has 2 heterocycles. The topological polar surface area (TPSA) is 99.1 Å². The van der Waals surface area contributed by atoms with E-state index >= 15 is 0 Å². The van der Waals surface area contributed by atoms with Gasteiger partial charge in [0.25, 0.3) is 0 Å². The van der Waals surface area contributed by atoms with Crippen LogP contribution in [0.2, 0.25) is 0 Å². The van der Waals surface area contributed by atoms with Crippen LogP contribution in [-0.4, -0.2) is 59.5 Å². The third-order valence-corrected chi connectivity index (χ3v) is 9.32. The molecule has 49 heavy (non-hydrogen) atoms. The first-order valence-electron chi connectivity index (χ1n) is 16.1. The maximum Gasteiger partial charge on any atom is 0.203 e. The van der Waals surface area contributed by atoms with E-state index in [1.54, 1.807) is 46.9 Å². The molecule has 0 radical (unpaired) electrons. The van der Waals surface area contributed by atoms with Crippen LogP contribution in [-0.2, 0) is 4.84 Å². The normalized spacial score (nSPS) is 13.8. The molecule has 0 N–H and O–H groups in total. The Morgan fingerprint density at radius 1 is 0.653 bits per heavy atom. The quantitative estimate of drug-likeness (QED) is 0.0948. The molecule has 0 saturated carbocycles. The first-order valence-corrected chi connectivity index (χ1v) is 16.9. The van der Waals surface area contributed by atoms with Crippen molar-refractivity contribution in [1.82, 2.24) is 4.98 Å². The number of rotatable bonds is 16. The summed E-state index contributed by atoms with van der Waals surface area (Å²) in [5.41, 5.74) is 4.57. The number of oxime groups is 1. The lowest BCUT2D eigenvalue weighted by atomic mass is 9.99. The summed E-state index contributed by atoms with van der Waals surface area (Å²) in [6.45, 7) is 1.10. The van der Waals surface area contributed by atoms with Crippen LogP contribution < -0.4 is 33.2 Å². The van der Waals surface area contributed by atoms with Gasteiger partial charge < -0.3 is 38.0 Å². The predicted molar refractivity (Wildman–Crippen MR) is 191 cm³/mol. The minimum absolute atomic E-state index is 0.273. The SMILES string of the molecule is COc1ccc(-c2nc3ccccc3s2)cc1OCCCCCOc1cc(C2CC(c3cc(OC)c(OC)c(OC)c3)=NO2)ccc1OC. The molecular formula is C38H40N2O8S. The standard InChI is InChI=1S/C38H40N2O8S/c1-41-29-15-13-24(31-23-28(40-48-31)26-21-34(43-3)37(45-5)35(22-26)44-4)19-32(29)46-17-9-6-10-18-47-33-20-25(14-16-30(33)42-2)38-39-27-11-7-8-12-36(27)49-38/h7-8,11-16,19-22,31H,6,9-10,17-18,23H2,1-5H3. The smallest absolute Gasteiger partial charge is 0.203 e. The van der Waals surface area contributed by atoms with Crippen LogP contribution in [0.4, 0.5) is 0 Å². The maximum atomic E-state index is 6.19. The highest BCUT2D eigenvalue weighted by molar-refractivity contribution is 7.21. The number of ether oxygens (including phenoxy) is 7. The molecule has 0 aliphatic carbocycles. The number of fused-ring (bicyclic) bond motifs is 1. The van der Waals surface area contributed by atoms with Gasteiger partial charge in [-0.3, -0.25) is 0 Å². The summed E-state index contributed by atoms with van der Waals surface area (Å²) in [4.78, 5) is 10.6. The number of nitrogens with zero attached hydrogens (tertiary/aromatic N) is 2. The van der Waals surface area contributed by atoms with Gasteiger partial charge in [0.1, 0.15) is 5.01 Å². The van der Waals surface area contributed by atoms with E-state index in [0.29, 0.717) is 59.9 Å². The molecule has 1 unspecified atom stereocenters. The van der Waals surface area contributed by atoms with E-state index in [4.69, 9.17) is 43.0 Å². The van der Waals surface area contributed by atoms with E-state index in [9.17, 15) is 0 Å². The van der Waals surface area contributed by atoms with Crippen LogP contribution in [0.15, 0.2) is 78.0 Å². The number of thiazole rings is 1. The van der Waals surface area contributed by atoms with Crippen molar-refractivity contribution in [3.63, 3.8) is 0 Å². The minimum Gasteiger partial charge on any atom is -0.493 e. The summed E-state index contributed by atoms with van der Waals surface area (Å²) in [6.07, 6.45) is 2.95. The molecular weight excluding hydrogens is 644 g/mol. The van der Waals surface area contributed by atoms with Crippen molar-refractivity contribution in [2.45, 2.75) is 31.8 Å². The summed E-state index contributed by atoms with van der Waals surface area (Å²) in [5, 5.41) is 5.33. The Kier molecular flexibility index (Phi) is 10.9. The molecule has 5 aromatic rings. The van der Waals surface area contributed by atoms with Gasteiger partial charge in [0, 0.05) is 17.5 Å². The second-order valence-electron chi connectivity index (χ2n) is 11.3. The first-order chi connectivity index (χ1) is 24.0. The average Bonchev–Trinajstić information content (AvgIpc) is 3.82. The molecule has 0 saturated heterocycles. The van der Waals surface area contributed by atoms with Crippen LogP contribution in [0.5, 0.6) is 40.2 Å². The van der Waals surface area contributed by atoms with Gasteiger partial charge in [0.15, 0.2) is 40.6 Å². The van der Waals surface area contributed by atoms with Crippen LogP contribution in [0.1, 0.15) is 42.9 Å². The molecule has 256 valence electrons. The summed E-state index contributed by atoms with van der Waals surface area (Å²) >= 11 is 1.67. The molecule has 4 aromatic carbocycles. The molecule has 6 rings (SSSR count). The molecule has 0 spiro atoms. The molecule has 1 aliphatic heterocycles. The van der Waals surface area contributed by atoms with Crippen molar-refractivity contribution in [1.29, 1.82) is 0 Å². The zero-order valence-electron chi connectivity index (χ0n) is 28.3. The van der Waals surface area contributed by atoms with Crippen molar-refractivity contribution < 1.29 is 38.0 Å². The number of aromatic nitrogens is 1. The fourth-order valence-electron chi connectivity index (χ4n) is 5.64. The molecule has 0 amide bonds. The number of unbranched alkanes of at least 4 members (excludes halogenated alkanes) is 2. The summed E-state index contributed by atoms with van der Waals surface area (Å²) in [7, 11) is 8.05. The molecule has 1 aromatic heterocycles. The lowest BCUT2D eigenvalue weighted by Gasteiger charge is -2.15. The molecule has 10 nitrogen and oxygen atoms in total. The van der Waals surface area contributed by atoms with E-state index in [0.717, 1.165) is 56.9 Å². The van der Waals surface area contributed by atoms with Crippen molar-refractivity contribution in [2.24, 2.45) is 5.16 Å². The highest BCUT2D eigenvalue weighted by Crippen LogP contribution is 2.41. The zero-order valence-corrected chi connectivity index (χ0v) is 29.1. The van der Waals surface area contributed by atoms with E-state index in [1.807, 2.05) is 66.7 Å². The van der Waals surface area contributed by atoms with Gasteiger partial charge in [-0.05, 0) is 79.4 Å². The van der Waals surface area contributed by atoms with Gasteiger partial charge in [0.2, 0.25) is 5.75 Å². The molecule has 0 bridgehead atoms. The van der Waals surface area contributed by atoms with Gasteiger partial charge in [-0.1, -0.05) is 23.4 Å². The fraction of sp³-hybridized carbons (Fsp3) is 0.316. The van der Waals surface area contributed by atoms with Crippen LogP contribution in [0.3, 0.4) is 0 Å². The van der Waals surface area contributed by atoms with Crippen LogP contribution in [0, 0.1) is 0 Å². The van der Waals surface area contributed by atoms with Crippen molar-refractivity contribution >= 4 is 27.3 Å². The highest BCUT2D eigenvalue weighted by atomic mass is 32.1. The van der Waals surface area contributed by atoms with E-state index in [2.05, 4.69) is 11.2 Å². The second kappa shape index (κ2) is 15.8. The second-order valence-corrected chi connectivity index (χ2v) is 12.3. The van der Waals surface area contributed by atoms with Crippen LogP contribution >= 0.6 is 11.3 Å². The Morgan fingerprint density at radius 3 is 1.94 bits per heavy atom. The monoisotopic (exact) mass is 684 g/mol. The fourth-order valence-corrected chi connectivity index (χ4v) is 6.61. The van der Waals surface area contributed by atoms with Crippen LogP contribution in [0.25, 0.3) is 20.8 Å². The van der Waals surface area contributed by atoms with E-state index in [1.165, 1.54) is 0 Å². The Labute approximate surface area is 290 Å². The summed E-state index contributed by atoms with van der Waals surface area (Å²) in [6, 6.07) is 23.7. The Balaban J connectivity index is 1.00. The van der Waals surface area contributed by atoms with E-state index < -0.39 is 0 Å². The number of hydrogen-bond acceptors (Lipinski definition) is 11. The van der Waals surface area contributed by atoms with Gasteiger partial charge in [-0.25, -0.2) is 4.98 Å². The summed E-state index contributed by atoms with van der Waals surface area (Å²) < 4.78 is 41.1. The number of para-hydroxylation sites is 1. The first kappa shape index (κ1) is 33.7. The zero-order chi connectivity index (χ0) is 34.2. The third kappa shape index (κ3) is 7.62. The average molecular weight is 685 g/mol. The number of hydrogen-bond donors (Lipinski definition) is 0. The van der Waals surface area contributed by atoms with Gasteiger partial charge in [-0.2, -0.15) is 0 Å². The minimum atomic E-state index is -0.273. The van der Waals surface area contributed by atoms with Crippen molar-refractivity contribution in [3.05, 3.63) is 83.9 Å². The van der Waals surface area contributed by atoms with E-state index in [-0.39, 0.29) is 6.10 Å². The summed E-state index contributed by atoms with van der Waals surface area (Å²) in [5.74, 6) is 4.39. The number of benzene rings is 4. The maximum absolute atomic E-state index is 6.19. The highest BCUT2D eigenvalue weighted by Gasteiger charge is 2.27. The Morgan fingerprint density at radius 2 is 1.29 bits per heavy atom. The van der Waals surface area contributed by atoms with Crippen molar-refractivity contribution in [2.75, 3.05) is 48.8 Å². The number of methoxy groups -OCH3 is 5. The molecule has 1 atom stereocenters. The molecule has 1 aliphatic rings. The molecule has 11 heteroatoms. The largest absolute Gasteiger partial charge is 0.493 e. The lowest BCUT2D eigenvalue weighted by molar-refractivity contribution is 0.0854.